The zero-order valence-corrected chi connectivity index (χ0v) is 15.1. The summed E-state index contributed by atoms with van der Waals surface area (Å²) in [7, 11) is -3.65. The second-order valence-electron chi connectivity index (χ2n) is 5.43. The number of rotatable bonds is 6. The van der Waals surface area contributed by atoms with E-state index in [0.29, 0.717) is 28.1 Å². The standard InChI is InChI=1S/C15H16ClN5O3S/c1-9-14(10(2)20-19-9)25(22,23)17-8-7-13-18-15(21-24-13)11-3-5-12(16)6-4-11/h3-6,17H,7-8H2,1-2H3,(H,19,20). The lowest BCUT2D eigenvalue weighted by atomic mass is 10.2. The fourth-order valence-corrected chi connectivity index (χ4v) is 3.90. The van der Waals surface area contributed by atoms with Crippen molar-refractivity contribution in [1.29, 1.82) is 0 Å². The van der Waals surface area contributed by atoms with E-state index in [9.17, 15) is 8.42 Å². The van der Waals surface area contributed by atoms with Crippen LogP contribution in [0.2, 0.25) is 5.02 Å². The minimum Gasteiger partial charge on any atom is -0.339 e. The fourth-order valence-electron chi connectivity index (χ4n) is 2.37. The Balaban J connectivity index is 1.64. The highest BCUT2D eigenvalue weighted by Crippen LogP contribution is 2.19. The number of aryl methyl sites for hydroxylation is 2. The van der Waals surface area contributed by atoms with Gasteiger partial charge in [-0.25, -0.2) is 13.1 Å². The zero-order valence-electron chi connectivity index (χ0n) is 13.6. The van der Waals surface area contributed by atoms with Crippen molar-refractivity contribution in [2.45, 2.75) is 25.2 Å². The number of nitrogens with zero attached hydrogens (tertiary/aromatic N) is 3. The second kappa shape index (κ2) is 6.95. The Labute approximate surface area is 149 Å². The van der Waals surface area contributed by atoms with E-state index in [-0.39, 0.29) is 17.9 Å². The lowest BCUT2D eigenvalue weighted by Gasteiger charge is -2.05. The third-order valence-corrected chi connectivity index (χ3v) is 5.51. The van der Waals surface area contributed by atoms with E-state index in [4.69, 9.17) is 16.1 Å². The van der Waals surface area contributed by atoms with Gasteiger partial charge in [0.1, 0.15) is 4.90 Å². The average molecular weight is 382 g/mol. The van der Waals surface area contributed by atoms with Crippen LogP contribution in [0.15, 0.2) is 33.7 Å². The summed E-state index contributed by atoms with van der Waals surface area (Å²) in [5.41, 5.74) is 1.69. The maximum Gasteiger partial charge on any atom is 0.244 e. The molecule has 3 aromatic rings. The quantitative estimate of drug-likeness (QED) is 0.676. The van der Waals surface area contributed by atoms with Crippen LogP contribution in [0.1, 0.15) is 17.3 Å². The first-order valence-corrected chi connectivity index (χ1v) is 9.32. The van der Waals surface area contributed by atoms with Crippen molar-refractivity contribution in [3.05, 3.63) is 46.6 Å². The summed E-state index contributed by atoms with van der Waals surface area (Å²) in [4.78, 5) is 4.42. The van der Waals surface area contributed by atoms with E-state index >= 15 is 0 Å². The van der Waals surface area contributed by atoms with Gasteiger partial charge in [0.2, 0.25) is 21.7 Å². The zero-order chi connectivity index (χ0) is 18.0. The number of benzene rings is 1. The van der Waals surface area contributed by atoms with Crippen molar-refractivity contribution in [1.82, 2.24) is 25.1 Å². The number of aromatic nitrogens is 4. The van der Waals surface area contributed by atoms with Gasteiger partial charge in [0.15, 0.2) is 0 Å². The molecule has 8 nitrogen and oxygen atoms in total. The van der Waals surface area contributed by atoms with Gasteiger partial charge in [0.05, 0.1) is 11.4 Å². The average Bonchev–Trinajstić information content (AvgIpc) is 3.15. The minimum atomic E-state index is -3.65. The molecule has 0 saturated carbocycles. The number of hydrogen-bond donors (Lipinski definition) is 2. The maximum atomic E-state index is 12.3. The van der Waals surface area contributed by atoms with Crippen LogP contribution in [0.3, 0.4) is 0 Å². The van der Waals surface area contributed by atoms with Gasteiger partial charge < -0.3 is 4.52 Å². The largest absolute Gasteiger partial charge is 0.339 e. The van der Waals surface area contributed by atoms with E-state index < -0.39 is 10.0 Å². The first kappa shape index (κ1) is 17.6. The monoisotopic (exact) mass is 381 g/mol. The first-order chi connectivity index (χ1) is 11.9. The van der Waals surface area contributed by atoms with Gasteiger partial charge in [-0.3, -0.25) is 5.10 Å². The Morgan fingerprint density at radius 3 is 2.60 bits per heavy atom. The number of halogens is 1. The molecule has 2 N–H and O–H groups in total. The van der Waals surface area contributed by atoms with Gasteiger partial charge >= 0.3 is 0 Å². The van der Waals surface area contributed by atoms with E-state index in [1.54, 1.807) is 38.1 Å². The first-order valence-electron chi connectivity index (χ1n) is 7.46. The van der Waals surface area contributed by atoms with Crippen LogP contribution in [0.5, 0.6) is 0 Å². The summed E-state index contributed by atoms with van der Waals surface area (Å²) in [5, 5.41) is 11.1. The molecule has 1 aromatic carbocycles. The SMILES string of the molecule is Cc1n[nH]c(C)c1S(=O)(=O)NCCc1nc(-c2ccc(Cl)cc2)no1. The molecule has 2 aromatic heterocycles. The highest BCUT2D eigenvalue weighted by atomic mass is 35.5. The van der Waals surface area contributed by atoms with Crippen LogP contribution in [0.4, 0.5) is 0 Å². The van der Waals surface area contributed by atoms with Crippen LogP contribution in [-0.2, 0) is 16.4 Å². The van der Waals surface area contributed by atoms with Crippen molar-refractivity contribution in [2.75, 3.05) is 6.54 Å². The van der Waals surface area contributed by atoms with Crippen LogP contribution in [-0.4, -0.2) is 35.3 Å². The van der Waals surface area contributed by atoms with Gasteiger partial charge in [-0.05, 0) is 38.1 Å². The second-order valence-corrected chi connectivity index (χ2v) is 7.57. The van der Waals surface area contributed by atoms with E-state index in [2.05, 4.69) is 25.1 Å². The summed E-state index contributed by atoms with van der Waals surface area (Å²) in [6.45, 7) is 3.42. The van der Waals surface area contributed by atoms with Crippen molar-refractivity contribution in [2.24, 2.45) is 0 Å². The molecule has 25 heavy (non-hydrogen) atoms. The van der Waals surface area contributed by atoms with E-state index in [0.717, 1.165) is 5.56 Å². The summed E-state index contributed by atoms with van der Waals surface area (Å²) in [6.07, 6.45) is 0.274. The highest BCUT2D eigenvalue weighted by Gasteiger charge is 2.22. The Bertz CT molecular complexity index is 960. The van der Waals surface area contributed by atoms with Gasteiger partial charge in [-0.1, -0.05) is 16.8 Å². The van der Waals surface area contributed by atoms with Crippen LogP contribution in [0.25, 0.3) is 11.4 Å². The molecule has 0 fully saturated rings. The number of aromatic amines is 1. The van der Waals surface area contributed by atoms with Crippen molar-refractivity contribution >= 4 is 21.6 Å². The molecule has 132 valence electrons. The third kappa shape index (κ3) is 3.89. The Kier molecular flexibility index (Phi) is 4.89. The van der Waals surface area contributed by atoms with Crippen LogP contribution >= 0.6 is 11.6 Å². The number of hydrogen-bond acceptors (Lipinski definition) is 6. The molecule has 10 heteroatoms. The number of H-pyrrole nitrogens is 1. The molecular formula is C15H16ClN5O3S. The van der Waals surface area contributed by atoms with Crippen molar-refractivity contribution in [3.63, 3.8) is 0 Å². The lowest BCUT2D eigenvalue weighted by molar-refractivity contribution is 0.379. The molecule has 0 amide bonds. The Morgan fingerprint density at radius 1 is 1.24 bits per heavy atom. The molecule has 0 aliphatic carbocycles. The molecule has 0 aliphatic heterocycles. The highest BCUT2D eigenvalue weighted by molar-refractivity contribution is 7.89. The van der Waals surface area contributed by atoms with Gasteiger partial charge in [0, 0.05) is 23.6 Å². The predicted octanol–water partition coefficient (Wildman–Crippen LogP) is 2.25. The molecule has 0 unspecified atom stereocenters. The Morgan fingerprint density at radius 2 is 1.96 bits per heavy atom. The van der Waals surface area contributed by atoms with Crippen molar-refractivity contribution < 1.29 is 12.9 Å². The fraction of sp³-hybridized carbons (Fsp3) is 0.267. The summed E-state index contributed by atoms with van der Waals surface area (Å²) < 4.78 is 32.3. The lowest BCUT2D eigenvalue weighted by Crippen LogP contribution is -2.27. The number of sulfonamides is 1. The smallest absolute Gasteiger partial charge is 0.244 e. The molecular weight excluding hydrogens is 366 g/mol. The molecule has 3 rings (SSSR count). The van der Waals surface area contributed by atoms with Gasteiger partial charge in [-0.2, -0.15) is 10.1 Å². The van der Waals surface area contributed by atoms with Crippen LogP contribution < -0.4 is 4.72 Å². The molecule has 0 radical (unpaired) electrons. The topological polar surface area (TPSA) is 114 Å². The minimum absolute atomic E-state index is 0.134. The number of nitrogens with one attached hydrogen (secondary N) is 2. The molecule has 2 heterocycles. The third-order valence-electron chi connectivity index (χ3n) is 3.53. The van der Waals surface area contributed by atoms with Crippen LogP contribution in [0, 0.1) is 13.8 Å². The summed E-state index contributed by atoms with van der Waals surface area (Å²) >= 11 is 5.84. The van der Waals surface area contributed by atoms with Gasteiger partial charge in [0.25, 0.3) is 0 Å². The van der Waals surface area contributed by atoms with E-state index in [1.165, 1.54) is 0 Å². The summed E-state index contributed by atoms with van der Waals surface area (Å²) in [5.74, 6) is 0.768. The normalized spacial score (nSPS) is 11.8. The van der Waals surface area contributed by atoms with E-state index in [1.807, 2.05) is 0 Å². The molecule has 0 bridgehead atoms. The predicted molar refractivity (Wildman–Crippen MR) is 91.7 cm³/mol. The molecule has 0 atom stereocenters. The molecule has 0 spiro atoms. The molecule has 0 aliphatic rings. The van der Waals surface area contributed by atoms with Crippen molar-refractivity contribution in [3.8, 4) is 11.4 Å². The maximum absolute atomic E-state index is 12.3. The summed E-state index contributed by atoms with van der Waals surface area (Å²) in [6, 6.07) is 7.03. The Hall–Kier alpha value is -2.23. The molecule has 0 saturated heterocycles. The van der Waals surface area contributed by atoms with Gasteiger partial charge in [-0.15, -0.1) is 0 Å².